The lowest BCUT2D eigenvalue weighted by atomic mass is 10.2. The van der Waals surface area contributed by atoms with Gasteiger partial charge in [-0.3, -0.25) is 0 Å². The molecular weight excluding hydrogens is 376 g/mol. The fourth-order valence-electron chi connectivity index (χ4n) is 1.66. The Morgan fingerprint density at radius 2 is 2.11 bits per heavy atom. The summed E-state index contributed by atoms with van der Waals surface area (Å²) in [6.07, 6.45) is 3.65. The highest BCUT2D eigenvalue weighted by molar-refractivity contribution is 9.11. The monoisotopic (exact) mass is 388 g/mol. The third kappa shape index (κ3) is 3.34. The van der Waals surface area contributed by atoms with E-state index in [2.05, 4.69) is 42.2 Å². The molecule has 0 radical (unpaired) electrons. The fraction of sp³-hybridized carbons (Fsp3) is 0.333. The molecule has 0 fully saturated rings. The Labute approximate surface area is 128 Å². The molecule has 0 saturated heterocycles. The molecule has 2 aromatic rings. The van der Waals surface area contributed by atoms with Crippen molar-refractivity contribution in [1.29, 1.82) is 0 Å². The average molecular weight is 390 g/mol. The Kier molecular flexibility index (Phi) is 4.95. The molecule has 1 heterocycles. The van der Waals surface area contributed by atoms with Crippen LogP contribution in [0.3, 0.4) is 0 Å². The summed E-state index contributed by atoms with van der Waals surface area (Å²) in [7, 11) is 1.63. The highest BCUT2D eigenvalue weighted by Gasteiger charge is 2.10. The Morgan fingerprint density at radius 3 is 2.79 bits per heavy atom. The summed E-state index contributed by atoms with van der Waals surface area (Å²) in [6.45, 7) is 0.655. The van der Waals surface area contributed by atoms with Gasteiger partial charge >= 0.3 is 0 Å². The van der Waals surface area contributed by atoms with Crippen molar-refractivity contribution >= 4 is 31.9 Å². The zero-order valence-corrected chi connectivity index (χ0v) is 13.6. The van der Waals surface area contributed by atoms with Gasteiger partial charge in [-0.05, 0) is 57.3 Å². The maximum Gasteiger partial charge on any atom is 0.135 e. The topological polar surface area (TPSA) is 66.0 Å². The van der Waals surface area contributed by atoms with Gasteiger partial charge in [0.2, 0.25) is 0 Å². The summed E-state index contributed by atoms with van der Waals surface area (Å²) < 4.78 is 8.81. The van der Waals surface area contributed by atoms with E-state index in [9.17, 15) is 0 Å². The van der Waals surface area contributed by atoms with E-state index in [1.54, 1.807) is 11.8 Å². The van der Waals surface area contributed by atoms with Crippen LogP contribution in [0.1, 0.15) is 12.1 Å². The van der Waals surface area contributed by atoms with Crippen LogP contribution in [-0.2, 0) is 6.42 Å². The molecule has 2 N–H and O–H groups in total. The molecule has 0 aliphatic carbocycles. The molecule has 19 heavy (non-hydrogen) atoms. The van der Waals surface area contributed by atoms with Crippen molar-refractivity contribution in [1.82, 2.24) is 15.0 Å². The second-order valence-electron chi connectivity index (χ2n) is 3.98. The standard InChI is InChI=1S/C12H14Br2N4O/c1-19-12-6-11(9(13)5-10(12)14)18-7-8(16-17-18)3-2-4-15/h5-7H,2-4,15H2,1H3. The number of ether oxygens (including phenoxy) is 1. The minimum absolute atomic E-state index is 0.655. The van der Waals surface area contributed by atoms with Crippen LogP contribution in [0, 0.1) is 0 Å². The van der Waals surface area contributed by atoms with Gasteiger partial charge in [-0.2, -0.15) is 0 Å². The summed E-state index contributed by atoms with van der Waals surface area (Å²) in [4.78, 5) is 0. The molecule has 0 unspecified atom stereocenters. The number of aromatic nitrogens is 3. The number of rotatable bonds is 5. The molecule has 1 aromatic carbocycles. The van der Waals surface area contributed by atoms with E-state index in [1.165, 1.54) is 0 Å². The fourth-order valence-corrected chi connectivity index (χ4v) is 3.00. The molecule has 7 heteroatoms. The van der Waals surface area contributed by atoms with E-state index in [4.69, 9.17) is 10.5 Å². The number of hydrogen-bond acceptors (Lipinski definition) is 4. The first-order valence-corrected chi connectivity index (χ1v) is 7.39. The van der Waals surface area contributed by atoms with E-state index in [0.717, 1.165) is 38.9 Å². The van der Waals surface area contributed by atoms with Gasteiger partial charge in [0.25, 0.3) is 0 Å². The second kappa shape index (κ2) is 6.49. The lowest BCUT2D eigenvalue weighted by Gasteiger charge is -2.08. The van der Waals surface area contributed by atoms with Crippen molar-refractivity contribution in [3.05, 3.63) is 33.0 Å². The van der Waals surface area contributed by atoms with Crippen molar-refractivity contribution < 1.29 is 4.74 Å². The van der Waals surface area contributed by atoms with Gasteiger partial charge in [0.05, 0.1) is 29.2 Å². The Balaban J connectivity index is 2.33. The van der Waals surface area contributed by atoms with Crippen molar-refractivity contribution in [3.63, 3.8) is 0 Å². The smallest absolute Gasteiger partial charge is 0.135 e. The number of halogens is 2. The van der Waals surface area contributed by atoms with Gasteiger partial charge in [-0.1, -0.05) is 5.21 Å². The first-order valence-electron chi connectivity index (χ1n) is 5.80. The molecule has 0 spiro atoms. The van der Waals surface area contributed by atoms with Crippen LogP contribution < -0.4 is 10.5 Å². The maximum atomic E-state index is 5.49. The molecule has 0 bridgehead atoms. The SMILES string of the molecule is COc1cc(-n2cc(CCCN)nn2)c(Br)cc1Br. The van der Waals surface area contributed by atoms with E-state index in [0.29, 0.717) is 6.54 Å². The van der Waals surface area contributed by atoms with Crippen molar-refractivity contribution in [3.8, 4) is 11.4 Å². The molecule has 5 nitrogen and oxygen atoms in total. The molecule has 0 aliphatic heterocycles. The van der Waals surface area contributed by atoms with Gasteiger partial charge < -0.3 is 10.5 Å². The van der Waals surface area contributed by atoms with Gasteiger partial charge in [0.1, 0.15) is 5.75 Å². The number of methoxy groups -OCH3 is 1. The lowest BCUT2D eigenvalue weighted by Crippen LogP contribution is -2.00. The van der Waals surface area contributed by atoms with Crippen LogP contribution in [0.25, 0.3) is 5.69 Å². The molecular formula is C12H14Br2N4O. The van der Waals surface area contributed by atoms with Crippen LogP contribution in [0.4, 0.5) is 0 Å². The number of nitrogens with two attached hydrogens (primary N) is 1. The molecule has 102 valence electrons. The van der Waals surface area contributed by atoms with Crippen molar-refractivity contribution in [2.24, 2.45) is 5.73 Å². The highest BCUT2D eigenvalue weighted by atomic mass is 79.9. The number of hydrogen-bond donors (Lipinski definition) is 1. The molecule has 0 saturated carbocycles. The maximum absolute atomic E-state index is 5.49. The van der Waals surface area contributed by atoms with Crippen molar-refractivity contribution in [2.45, 2.75) is 12.8 Å². The first-order chi connectivity index (χ1) is 9.15. The van der Waals surface area contributed by atoms with Gasteiger partial charge in [-0.25, -0.2) is 4.68 Å². The molecule has 2 rings (SSSR count). The number of benzene rings is 1. The average Bonchev–Trinajstić information content (AvgIpc) is 2.85. The summed E-state index contributed by atoms with van der Waals surface area (Å²) in [5, 5.41) is 8.26. The van der Waals surface area contributed by atoms with Gasteiger partial charge in [0.15, 0.2) is 0 Å². The van der Waals surface area contributed by atoms with Crippen LogP contribution in [-0.4, -0.2) is 28.6 Å². The van der Waals surface area contributed by atoms with E-state index < -0.39 is 0 Å². The Hall–Kier alpha value is -0.920. The Morgan fingerprint density at radius 1 is 1.32 bits per heavy atom. The highest BCUT2D eigenvalue weighted by Crippen LogP contribution is 2.33. The summed E-state index contributed by atoms with van der Waals surface area (Å²) in [6, 6.07) is 3.82. The van der Waals surface area contributed by atoms with Crippen LogP contribution in [0.2, 0.25) is 0 Å². The first kappa shape index (κ1) is 14.5. The molecule has 0 atom stereocenters. The zero-order valence-electron chi connectivity index (χ0n) is 10.4. The number of aryl methyl sites for hydroxylation is 1. The van der Waals surface area contributed by atoms with E-state index >= 15 is 0 Å². The minimum Gasteiger partial charge on any atom is -0.495 e. The van der Waals surface area contributed by atoms with E-state index in [1.807, 2.05) is 18.3 Å². The second-order valence-corrected chi connectivity index (χ2v) is 5.69. The predicted octanol–water partition coefficient (Wildman–Crippen LogP) is 2.69. The summed E-state index contributed by atoms with van der Waals surface area (Å²) in [5.74, 6) is 0.747. The number of nitrogens with zero attached hydrogens (tertiary/aromatic N) is 3. The van der Waals surface area contributed by atoms with Gasteiger partial charge in [-0.15, -0.1) is 5.10 Å². The quantitative estimate of drug-likeness (QED) is 0.853. The minimum atomic E-state index is 0.655. The zero-order chi connectivity index (χ0) is 13.8. The lowest BCUT2D eigenvalue weighted by molar-refractivity contribution is 0.411. The normalized spacial score (nSPS) is 10.7. The van der Waals surface area contributed by atoms with Crippen LogP contribution >= 0.6 is 31.9 Å². The van der Waals surface area contributed by atoms with Gasteiger partial charge in [0, 0.05) is 10.5 Å². The molecule has 1 aromatic heterocycles. The molecule has 0 amide bonds. The predicted molar refractivity (Wildman–Crippen MR) is 80.7 cm³/mol. The summed E-state index contributed by atoms with van der Waals surface area (Å²) >= 11 is 6.95. The van der Waals surface area contributed by atoms with Crippen LogP contribution in [0.5, 0.6) is 5.75 Å². The van der Waals surface area contributed by atoms with E-state index in [-0.39, 0.29) is 0 Å². The summed E-state index contributed by atoms with van der Waals surface area (Å²) in [5.41, 5.74) is 7.30. The largest absolute Gasteiger partial charge is 0.495 e. The molecule has 0 aliphatic rings. The van der Waals surface area contributed by atoms with Crippen LogP contribution in [0.15, 0.2) is 27.3 Å². The third-order valence-corrected chi connectivity index (χ3v) is 3.90. The third-order valence-electron chi connectivity index (χ3n) is 2.65. The van der Waals surface area contributed by atoms with Crippen molar-refractivity contribution in [2.75, 3.05) is 13.7 Å². The Bertz CT molecular complexity index is 571.